The lowest BCUT2D eigenvalue weighted by Gasteiger charge is -2.21. The number of carbonyl (C=O) groups is 1. The second-order valence-corrected chi connectivity index (χ2v) is 8.39. The first-order valence-corrected chi connectivity index (χ1v) is 10.0. The van der Waals surface area contributed by atoms with E-state index in [4.69, 9.17) is 4.84 Å². The van der Waals surface area contributed by atoms with Crippen LogP contribution >= 0.6 is 0 Å². The molecule has 0 fully saturated rings. The van der Waals surface area contributed by atoms with Crippen molar-refractivity contribution >= 4 is 11.6 Å². The van der Waals surface area contributed by atoms with E-state index in [-0.39, 0.29) is 11.5 Å². The Hall–Kier alpha value is -3.38. The maximum absolute atomic E-state index is 12.1. The zero-order valence-electron chi connectivity index (χ0n) is 17.5. The fourth-order valence-corrected chi connectivity index (χ4v) is 3.34. The van der Waals surface area contributed by atoms with Crippen LogP contribution < -0.4 is 10.8 Å². The molecule has 0 bridgehead atoms. The number of aromatic nitrogens is 2. The highest BCUT2D eigenvalue weighted by molar-refractivity contribution is 5.97. The van der Waals surface area contributed by atoms with Gasteiger partial charge >= 0.3 is 0 Å². The van der Waals surface area contributed by atoms with E-state index >= 15 is 0 Å². The second-order valence-electron chi connectivity index (χ2n) is 8.39. The molecule has 0 saturated heterocycles. The summed E-state index contributed by atoms with van der Waals surface area (Å²) in [5.41, 5.74) is 9.65. The number of hydrogen-bond donors (Lipinski definition) is 3. The summed E-state index contributed by atoms with van der Waals surface area (Å²) in [6.45, 7) is 10.7. The Morgan fingerprint density at radius 2 is 2.00 bits per heavy atom. The average Bonchev–Trinajstić information content (AvgIpc) is 3.18. The molecule has 0 aliphatic carbocycles. The number of hydroxylamine groups is 1. The molecule has 3 N–H and O–H groups in total. The molecule has 0 atom stereocenters. The predicted molar refractivity (Wildman–Crippen MR) is 119 cm³/mol. The van der Waals surface area contributed by atoms with Gasteiger partial charge in [0, 0.05) is 41.7 Å². The van der Waals surface area contributed by atoms with Crippen LogP contribution in [-0.4, -0.2) is 28.0 Å². The molecular weight excluding hydrogens is 376 g/mol. The van der Waals surface area contributed by atoms with Gasteiger partial charge in [0.1, 0.15) is 0 Å². The van der Waals surface area contributed by atoms with E-state index in [1.165, 1.54) is 0 Å². The molecule has 0 unspecified atom stereocenters. The maximum atomic E-state index is 12.1. The number of carbonyl (C=O) groups excluding carboxylic acids is 1. The summed E-state index contributed by atoms with van der Waals surface area (Å²) in [5.74, 6) is -0.0239. The predicted octanol–water partition coefficient (Wildman–Crippen LogP) is 4.32. The fourth-order valence-electron chi connectivity index (χ4n) is 3.34. The fraction of sp³-hybridized carbons (Fsp3) is 0.250. The van der Waals surface area contributed by atoms with Crippen LogP contribution in [0.5, 0.6) is 0 Å². The van der Waals surface area contributed by atoms with Gasteiger partial charge in [0.2, 0.25) is 0 Å². The molecule has 154 valence electrons. The van der Waals surface area contributed by atoms with Crippen LogP contribution in [0.4, 0.5) is 0 Å². The van der Waals surface area contributed by atoms with Crippen molar-refractivity contribution < 1.29 is 9.63 Å². The third-order valence-corrected chi connectivity index (χ3v) is 4.86. The first kappa shape index (κ1) is 19.9. The molecule has 30 heavy (non-hydrogen) atoms. The Morgan fingerprint density at radius 3 is 2.77 bits per heavy atom. The monoisotopic (exact) mass is 402 g/mol. The SMILES string of the molecule is C=C(NOC(C)(C)C)c1cccc(-c2cc(-c3cc4c([nH]3)CCNC4=O)ccn2)c1. The number of rotatable bonds is 5. The summed E-state index contributed by atoms with van der Waals surface area (Å²) in [5, 5.41) is 2.88. The van der Waals surface area contributed by atoms with Gasteiger partial charge < -0.3 is 10.3 Å². The Balaban J connectivity index is 1.60. The Labute approximate surface area is 176 Å². The summed E-state index contributed by atoms with van der Waals surface area (Å²) < 4.78 is 0. The lowest BCUT2D eigenvalue weighted by Crippen LogP contribution is -2.31. The van der Waals surface area contributed by atoms with Gasteiger partial charge in [0.25, 0.3) is 5.91 Å². The molecule has 1 amide bonds. The number of amides is 1. The topological polar surface area (TPSA) is 79.0 Å². The number of hydrogen-bond acceptors (Lipinski definition) is 4. The number of fused-ring (bicyclic) bond motifs is 1. The van der Waals surface area contributed by atoms with Crippen LogP contribution in [0.25, 0.3) is 28.2 Å². The summed E-state index contributed by atoms with van der Waals surface area (Å²) in [6.07, 6.45) is 2.60. The number of aromatic amines is 1. The minimum atomic E-state index is -0.317. The minimum absolute atomic E-state index is 0.0239. The van der Waals surface area contributed by atoms with Crippen molar-refractivity contribution in [2.45, 2.75) is 32.8 Å². The van der Waals surface area contributed by atoms with E-state index < -0.39 is 0 Å². The van der Waals surface area contributed by atoms with Gasteiger partial charge in [-0.05, 0) is 50.6 Å². The van der Waals surface area contributed by atoms with E-state index in [0.717, 1.165) is 45.8 Å². The zero-order chi connectivity index (χ0) is 21.3. The molecular formula is C24H26N4O2. The molecule has 0 spiro atoms. The van der Waals surface area contributed by atoms with Gasteiger partial charge in [0.15, 0.2) is 0 Å². The lowest BCUT2D eigenvalue weighted by molar-refractivity contribution is -0.0469. The van der Waals surface area contributed by atoms with Crippen LogP contribution in [-0.2, 0) is 11.3 Å². The average molecular weight is 402 g/mol. The van der Waals surface area contributed by atoms with Crippen molar-refractivity contribution in [3.8, 4) is 22.5 Å². The second kappa shape index (κ2) is 7.80. The summed E-state index contributed by atoms with van der Waals surface area (Å²) in [6, 6.07) is 13.9. The standard InChI is InChI=1S/C24H26N4O2/c1-15(28-30-24(2,3)4)16-6-5-7-17(12-16)21-13-18(8-10-25-21)22-14-19-20(27-22)9-11-26-23(19)29/h5-8,10,12-14,27-28H,1,9,11H2,2-4H3,(H,26,29). The van der Waals surface area contributed by atoms with Gasteiger partial charge in [-0.25, -0.2) is 0 Å². The molecule has 4 rings (SSSR count). The van der Waals surface area contributed by atoms with Crippen molar-refractivity contribution in [2.75, 3.05) is 6.54 Å². The highest BCUT2D eigenvalue weighted by Gasteiger charge is 2.20. The first-order valence-electron chi connectivity index (χ1n) is 10.0. The first-order chi connectivity index (χ1) is 14.3. The molecule has 2 aromatic heterocycles. The quantitative estimate of drug-likeness (QED) is 0.556. The summed E-state index contributed by atoms with van der Waals surface area (Å²) in [7, 11) is 0. The summed E-state index contributed by atoms with van der Waals surface area (Å²) >= 11 is 0. The van der Waals surface area contributed by atoms with Gasteiger partial charge in [-0.2, -0.15) is 0 Å². The van der Waals surface area contributed by atoms with Crippen molar-refractivity contribution in [2.24, 2.45) is 0 Å². The molecule has 1 aliphatic rings. The van der Waals surface area contributed by atoms with E-state index in [2.05, 4.69) is 27.3 Å². The van der Waals surface area contributed by atoms with Crippen LogP contribution in [0, 0.1) is 0 Å². The molecule has 1 aliphatic heterocycles. The number of H-pyrrole nitrogens is 1. The number of nitrogens with one attached hydrogen (secondary N) is 3. The Bertz CT molecular complexity index is 1110. The molecule has 0 radical (unpaired) electrons. The van der Waals surface area contributed by atoms with Crippen molar-refractivity contribution in [1.82, 2.24) is 20.8 Å². The van der Waals surface area contributed by atoms with Crippen LogP contribution in [0.2, 0.25) is 0 Å². The van der Waals surface area contributed by atoms with Gasteiger partial charge in [-0.15, -0.1) is 0 Å². The minimum Gasteiger partial charge on any atom is -0.358 e. The van der Waals surface area contributed by atoms with Gasteiger partial charge in [0.05, 0.1) is 22.6 Å². The van der Waals surface area contributed by atoms with Crippen LogP contribution in [0.15, 0.2) is 55.2 Å². The zero-order valence-corrected chi connectivity index (χ0v) is 17.5. The Kier molecular flexibility index (Phi) is 5.18. The van der Waals surface area contributed by atoms with Crippen molar-refractivity contribution in [3.63, 3.8) is 0 Å². The Morgan fingerprint density at radius 1 is 1.17 bits per heavy atom. The highest BCUT2D eigenvalue weighted by atomic mass is 16.7. The number of benzene rings is 1. The molecule has 3 heterocycles. The van der Waals surface area contributed by atoms with E-state index in [9.17, 15) is 4.79 Å². The lowest BCUT2D eigenvalue weighted by atomic mass is 10.0. The summed E-state index contributed by atoms with van der Waals surface area (Å²) in [4.78, 5) is 25.6. The van der Waals surface area contributed by atoms with Crippen molar-refractivity contribution in [3.05, 3.63) is 72.1 Å². The van der Waals surface area contributed by atoms with Crippen LogP contribution in [0.1, 0.15) is 42.4 Å². The number of pyridine rings is 1. The van der Waals surface area contributed by atoms with Crippen LogP contribution in [0.3, 0.4) is 0 Å². The molecule has 6 nitrogen and oxygen atoms in total. The molecule has 6 heteroatoms. The van der Waals surface area contributed by atoms with Gasteiger partial charge in [-0.1, -0.05) is 24.8 Å². The molecule has 3 aromatic rings. The molecule has 0 saturated carbocycles. The molecule has 1 aromatic carbocycles. The van der Waals surface area contributed by atoms with Crippen molar-refractivity contribution in [1.29, 1.82) is 0 Å². The number of nitrogens with zero attached hydrogens (tertiary/aromatic N) is 1. The largest absolute Gasteiger partial charge is 0.358 e. The van der Waals surface area contributed by atoms with E-state index in [1.54, 1.807) is 6.20 Å². The van der Waals surface area contributed by atoms with E-state index in [1.807, 2.05) is 63.2 Å². The normalized spacial score (nSPS) is 13.5. The highest BCUT2D eigenvalue weighted by Crippen LogP contribution is 2.28. The smallest absolute Gasteiger partial charge is 0.253 e. The third-order valence-electron chi connectivity index (χ3n) is 4.86. The van der Waals surface area contributed by atoms with Gasteiger partial charge in [-0.3, -0.25) is 20.1 Å². The van der Waals surface area contributed by atoms with E-state index in [0.29, 0.717) is 12.2 Å². The third kappa shape index (κ3) is 4.28. The maximum Gasteiger partial charge on any atom is 0.253 e.